The molecule has 2 N–H and O–H groups in total. The van der Waals surface area contributed by atoms with E-state index in [4.69, 9.17) is 22.1 Å². The van der Waals surface area contributed by atoms with Crippen LogP contribution in [0.4, 0.5) is 0 Å². The third kappa shape index (κ3) is 3.02. The average molecular weight is 283 g/mol. The molecule has 96 valence electrons. The summed E-state index contributed by atoms with van der Waals surface area (Å²) in [5.74, 6) is 0.637. The van der Waals surface area contributed by atoms with Crippen LogP contribution in [0.3, 0.4) is 0 Å². The van der Waals surface area contributed by atoms with Crippen LogP contribution in [0.25, 0.3) is 0 Å². The van der Waals surface area contributed by atoms with Crippen LogP contribution in [0.2, 0.25) is 5.02 Å². The van der Waals surface area contributed by atoms with E-state index in [2.05, 4.69) is 18.0 Å². The van der Waals surface area contributed by atoms with Gasteiger partial charge in [-0.05, 0) is 30.9 Å². The van der Waals surface area contributed by atoms with Crippen LogP contribution >= 0.6 is 22.9 Å². The Balaban J connectivity index is 2.25. The smallest absolute Gasteiger partial charge is 0.148 e. The first-order valence-corrected chi connectivity index (χ1v) is 6.90. The summed E-state index contributed by atoms with van der Waals surface area (Å²) in [7, 11) is 0. The van der Waals surface area contributed by atoms with Crippen molar-refractivity contribution in [2.24, 2.45) is 5.73 Å². The molecule has 2 heterocycles. The van der Waals surface area contributed by atoms with Crippen LogP contribution in [-0.2, 0) is 0 Å². The molecule has 2 aromatic heterocycles. The molecule has 2 atom stereocenters. The normalized spacial score (nSPS) is 14.2. The van der Waals surface area contributed by atoms with Gasteiger partial charge in [0.25, 0.3) is 0 Å². The largest absolute Gasteiger partial charge is 0.482 e. The maximum Gasteiger partial charge on any atom is 0.148 e. The standard InChI is InChI=1S/C13H15ClN2OS/c1-8-3-4-18-13(8)12(9(2)15)17-11-5-10(14)6-16-7-11/h3-7,9,12H,15H2,1-2H3. The van der Waals surface area contributed by atoms with Crippen LogP contribution in [0.15, 0.2) is 29.9 Å². The molecule has 0 aliphatic rings. The fraction of sp³-hybridized carbons (Fsp3) is 0.308. The molecule has 0 aromatic carbocycles. The zero-order chi connectivity index (χ0) is 13.1. The fourth-order valence-electron chi connectivity index (χ4n) is 1.68. The first kappa shape index (κ1) is 13.3. The van der Waals surface area contributed by atoms with E-state index in [1.807, 2.05) is 12.3 Å². The SMILES string of the molecule is Cc1ccsc1C(Oc1cncc(Cl)c1)C(C)N. The quantitative estimate of drug-likeness (QED) is 0.932. The Morgan fingerprint density at radius 3 is 2.78 bits per heavy atom. The number of aromatic nitrogens is 1. The Hall–Kier alpha value is -1.10. The molecule has 0 bridgehead atoms. The molecule has 0 saturated heterocycles. The van der Waals surface area contributed by atoms with Crippen molar-refractivity contribution < 1.29 is 4.74 Å². The van der Waals surface area contributed by atoms with Gasteiger partial charge in [0.15, 0.2) is 0 Å². The predicted molar refractivity (Wildman–Crippen MR) is 75.3 cm³/mol. The van der Waals surface area contributed by atoms with Crippen molar-refractivity contribution in [1.29, 1.82) is 0 Å². The van der Waals surface area contributed by atoms with Gasteiger partial charge in [0, 0.05) is 23.2 Å². The summed E-state index contributed by atoms with van der Waals surface area (Å²) >= 11 is 7.54. The van der Waals surface area contributed by atoms with E-state index >= 15 is 0 Å². The zero-order valence-corrected chi connectivity index (χ0v) is 11.8. The third-order valence-electron chi connectivity index (χ3n) is 2.58. The van der Waals surface area contributed by atoms with Gasteiger partial charge in [0.1, 0.15) is 11.9 Å². The number of pyridine rings is 1. The molecular weight excluding hydrogens is 268 g/mol. The van der Waals surface area contributed by atoms with Gasteiger partial charge in [-0.15, -0.1) is 11.3 Å². The highest BCUT2D eigenvalue weighted by Crippen LogP contribution is 2.30. The Morgan fingerprint density at radius 2 is 2.22 bits per heavy atom. The van der Waals surface area contributed by atoms with E-state index < -0.39 is 0 Å². The van der Waals surface area contributed by atoms with E-state index in [-0.39, 0.29) is 12.1 Å². The topological polar surface area (TPSA) is 48.1 Å². The molecule has 2 unspecified atom stereocenters. The highest BCUT2D eigenvalue weighted by molar-refractivity contribution is 7.10. The molecule has 3 nitrogen and oxygen atoms in total. The van der Waals surface area contributed by atoms with Crippen LogP contribution in [0.5, 0.6) is 5.75 Å². The van der Waals surface area contributed by atoms with E-state index in [0.717, 1.165) is 4.88 Å². The zero-order valence-electron chi connectivity index (χ0n) is 10.3. The number of hydrogen-bond donors (Lipinski definition) is 1. The maximum atomic E-state index is 6.01. The highest BCUT2D eigenvalue weighted by Gasteiger charge is 2.21. The lowest BCUT2D eigenvalue weighted by Crippen LogP contribution is -2.28. The number of halogens is 1. The van der Waals surface area contributed by atoms with Crippen molar-refractivity contribution in [3.8, 4) is 5.75 Å². The van der Waals surface area contributed by atoms with E-state index in [1.165, 1.54) is 5.56 Å². The summed E-state index contributed by atoms with van der Waals surface area (Å²) in [4.78, 5) is 5.15. The molecule has 2 rings (SSSR count). The number of hydrogen-bond acceptors (Lipinski definition) is 4. The summed E-state index contributed by atoms with van der Waals surface area (Å²) in [6.07, 6.45) is 3.04. The summed E-state index contributed by atoms with van der Waals surface area (Å²) in [6.45, 7) is 3.99. The summed E-state index contributed by atoms with van der Waals surface area (Å²) < 4.78 is 5.92. The van der Waals surface area contributed by atoms with Gasteiger partial charge in [0.05, 0.1) is 11.2 Å². The molecule has 2 aromatic rings. The molecule has 0 amide bonds. The Morgan fingerprint density at radius 1 is 1.44 bits per heavy atom. The van der Waals surface area contributed by atoms with Gasteiger partial charge in [-0.3, -0.25) is 4.98 Å². The second kappa shape index (κ2) is 5.69. The molecular formula is C13H15ClN2OS. The number of aryl methyl sites for hydroxylation is 1. The monoisotopic (exact) mass is 282 g/mol. The molecule has 0 aliphatic heterocycles. The Kier molecular flexibility index (Phi) is 4.22. The molecule has 0 aliphatic carbocycles. The third-order valence-corrected chi connectivity index (χ3v) is 3.87. The lowest BCUT2D eigenvalue weighted by molar-refractivity contribution is 0.183. The van der Waals surface area contributed by atoms with Gasteiger partial charge in [-0.2, -0.15) is 0 Å². The van der Waals surface area contributed by atoms with Gasteiger partial charge in [-0.1, -0.05) is 11.6 Å². The molecule has 5 heteroatoms. The van der Waals surface area contributed by atoms with Crippen LogP contribution in [0.1, 0.15) is 23.5 Å². The second-order valence-electron chi connectivity index (χ2n) is 4.20. The lowest BCUT2D eigenvalue weighted by Gasteiger charge is -2.22. The van der Waals surface area contributed by atoms with Gasteiger partial charge in [0.2, 0.25) is 0 Å². The van der Waals surface area contributed by atoms with Crippen molar-refractivity contribution in [2.45, 2.75) is 26.0 Å². The number of nitrogens with zero attached hydrogens (tertiary/aromatic N) is 1. The van der Waals surface area contributed by atoms with Crippen molar-refractivity contribution in [2.75, 3.05) is 0 Å². The summed E-state index contributed by atoms with van der Waals surface area (Å²) in [5.41, 5.74) is 7.20. The summed E-state index contributed by atoms with van der Waals surface area (Å²) in [5, 5.41) is 2.60. The number of ether oxygens (including phenoxy) is 1. The first-order chi connectivity index (χ1) is 8.58. The lowest BCUT2D eigenvalue weighted by atomic mass is 10.1. The molecule has 0 fully saturated rings. The molecule has 0 saturated carbocycles. The van der Waals surface area contributed by atoms with E-state index in [9.17, 15) is 0 Å². The van der Waals surface area contributed by atoms with Crippen molar-refractivity contribution >= 4 is 22.9 Å². The van der Waals surface area contributed by atoms with Crippen LogP contribution in [-0.4, -0.2) is 11.0 Å². The fourth-order valence-corrected chi connectivity index (χ4v) is 2.91. The number of thiophene rings is 1. The number of rotatable bonds is 4. The maximum absolute atomic E-state index is 6.01. The van der Waals surface area contributed by atoms with E-state index in [0.29, 0.717) is 10.8 Å². The molecule has 0 radical (unpaired) electrons. The average Bonchev–Trinajstić information content (AvgIpc) is 2.72. The minimum atomic E-state index is -0.176. The van der Waals surface area contributed by atoms with Crippen LogP contribution < -0.4 is 10.5 Å². The van der Waals surface area contributed by atoms with Crippen molar-refractivity contribution in [1.82, 2.24) is 4.98 Å². The predicted octanol–water partition coefficient (Wildman–Crippen LogP) is 3.57. The second-order valence-corrected chi connectivity index (χ2v) is 5.59. The molecule has 18 heavy (non-hydrogen) atoms. The van der Waals surface area contributed by atoms with Crippen LogP contribution in [0, 0.1) is 6.92 Å². The molecule has 0 spiro atoms. The Bertz CT molecular complexity index is 527. The first-order valence-electron chi connectivity index (χ1n) is 5.64. The highest BCUT2D eigenvalue weighted by atomic mass is 35.5. The van der Waals surface area contributed by atoms with Gasteiger partial charge >= 0.3 is 0 Å². The Labute approximate surface area is 116 Å². The summed E-state index contributed by atoms with van der Waals surface area (Å²) in [6, 6.07) is 3.70. The minimum Gasteiger partial charge on any atom is -0.482 e. The number of nitrogens with two attached hydrogens (primary N) is 1. The van der Waals surface area contributed by atoms with Gasteiger partial charge in [-0.25, -0.2) is 0 Å². The van der Waals surface area contributed by atoms with Crippen molar-refractivity contribution in [3.63, 3.8) is 0 Å². The van der Waals surface area contributed by atoms with Crippen molar-refractivity contribution in [3.05, 3.63) is 45.4 Å². The minimum absolute atomic E-state index is 0.110. The van der Waals surface area contributed by atoms with Gasteiger partial charge < -0.3 is 10.5 Å². The van der Waals surface area contributed by atoms with E-state index in [1.54, 1.807) is 29.8 Å².